The van der Waals surface area contributed by atoms with E-state index in [9.17, 15) is 92.3 Å². The Balaban J connectivity index is 2.16. The van der Waals surface area contributed by atoms with Gasteiger partial charge < -0.3 is 94.4 Å². The number of hydrogen-bond donors (Lipinski definition) is 16. The predicted octanol–water partition coefficient (Wildman–Crippen LogP) is -2.67. The minimum absolute atomic E-state index is 0.0288. The highest BCUT2D eigenvalue weighted by molar-refractivity contribution is 6.01. The summed E-state index contributed by atoms with van der Waals surface area (Å²) in [6, 6.07) is -18.1. The lowest BCUT2D eigenvalue weighted by atomic mass is 9.96. The molecular formula is C62H102N14O20. The summed E-state index contributed by atoms with van der Waals surface area (Å²) in [7, 11) is 0. The maximum absolute atomic E-state index is 15.3. The maximum Gasteiger partial charge on any atom is 0.308 e. The van der Waals surface area contributed by atoms with Crippen molar-refractivity contribution in [2.45, 2.75) is 243 Å². The topological polar surface area (TPSA) is 519 Å². The molecule has 0 spiro atoms. The lowest BCUT2D eigenvalue weighted by molar-refractivity contribution is -0.150. The number of aliphatic carboxylic acids is 4. The van der Waals surface area contributed by atoms with Crippen LogP contribution in [0.25, 0.3) is 0 Å². The Hall–Kier alpha value is -8.56. The van der Waals surface area contributed by atoms with E-state index in [1.807, 2.05) is 5.32 Å². The number of unbranched alkanes of at least 4 members (excludes halogenated alkanes) is 11. The Bertz CT molecular complexity index is 2740. The van der Waals surface area contributed by atoms with Gasteiger partial charge in [0.2, 0.25) is 70.9 Å². The molecule has 34 heteroatoms. The van der Waals surface area contributed by atoms with Gasteiger partial charge in [-0.15, -0.1) is 0 Å². The number of carbonyl (C=O) groups excluding carboxylic acids is 12. The number of piperidine rings is 1. The van der Waals surface area contributed by atoms with Crippen LogP contribution in [-0.2, 0) is 76.7 Å². The molecule has 3 saturated heterocycles. The molecule has 0 bridgehead atoms. The monoisotopic (exact) mass is 1360 g/mol. The van der Waals surface area contributed by atoms with Crippen molar-refractivity contribution >= 4 is 94.8 Å². The van der Waals surface area contributed by atoms with Crippen molar-refractivity contribution in [3.05, 3.63) is 0 Å². The smallest absolute Gasteiger partial charge is 0.308 e. The Kier molecular flexibility index (Phi) is 35.8. The SMILES string of the molecule is CCCCCCCCCCCCCCC(=O)NC(CC(=O)O)C(=O)NC1C(=O)N2CCCCC2C(=O)NC(C(C)C(=O)O)C(=O)NC(CC(=O)O)C(=O)NCC(=O)NC(CC(=O)O)C(=O)NCC(=O)NC(C(C)NCCN)C(=O)NC(C(C)C)C(=O)N2CCCC2C(=O)NC1C. The molecular weight excluding hydrogens is 1260 g/mol. The van der Waals surface area contributed by atoms with Gasteiger partial charge in [-0.1, -0.05) is 91.4 Å². The Morgan fingerprint density at radius 1 is 0.552 bits per heavy atom. The van der Waals surface area contributed by atoms with E-state index >= 15 is 4.79 Å². The lowest BCUT2D eigenvalue weighted by Crippen LogP contribution is -2.66. The van der Waals surface area contributed by atoms with Crippen LogP contribution in [-0.4, -0.2) is 231 Å². The van der Waals surface area contributed by atoms with Crippen molar-refractivity contribution in [1.29, 1.82) is 0 Å². The van der Waals surface area contributed by atoms with Gasteiger partial charge in [0, 0.05) is 38.6 Å². The van der Waals surface area contributed by atoms with Gasteiger partial charge in [0.15, 0.2) is 0 Å². The van der Waals surface area contributed by atoms with Crippen molar-refractivity contribution in [2.75, 3.05) is 39.3 Å². The third kappa shape index (κ3) is 27.6. The first-order valence-corrected chi connectivity index (χ1v) is 33.3. The number of carboxylic acid groups (broad SMARTS) is 4. The van der Waals surface area contributed by atoms with Gasteiger partial charge in [-0.2, -0.15) is 0 Å². The number of nitrogens with zero attached hydrogens (tertiary/aromatic N) is 2. The summed E-state index contributed by atoms with van der Waals surface area (Å²) >= 11 is 0. The van der Waals surface area contributed by atoms with Crippen LogP contribution in [0.3, 0.4) is 0 Å². The molecule has 540 valence electrons. The average molecular weight is 1360 g/mol. The highest BCUT2D eigenvalue weighted by Crippen LogP contribution is 2.24. The molecule has 0 aliphatic carbocycles. The predicted molar refractivity (Wildman–Crippen MR) is 342 cm³/mol. The highest BCUT2D eigenvalue weighted by atomic mass is 16.4. The normalized spacial score (nSPS) is 24.5. The molecule has 12 atom stereocenters. The van der Waals surface area contributed by atoms with Gasteiger partial charge in [0.25, 0.3) is 0 Å². The average Bonchev–Trinajstić information content (AvgIpc) is 1.17. The number of hydrogen-bond acceptors (Lipinski definition) is 18. The molecule has 12 unspecified atom stereocenters. The Labute approximate surface area is 558 Å². The number of carbonyl (C=O) groups is 16. The molecule has 96 heavy (non-hydrogen) atoms. The van der Waals surface area contributed by atoms with E-state index in [4.69, 9.17) is 5.73 Å². The summed E-state index contributed by atoms with van der Waals surface area (Å²) in [6.07, 6.45) is 9.35. The summed E-state index contributed by atoms with van der Waals surface area (Å²) < 4.78 is 0. The van der Waals surface area contributed by atoms with Gasteiger partial charge in [0.05, 0.1) is 44.3 Å². The third-order valence-electron chi connectivity index (χ3n) is 16.9. The van der Waals surface area contributed by atoms with Crippen LogP contribution < -0.4 is 64.2 Å². The first-order chi connectivity index (χ1) is 45.4. The number of carboxylic acids is 4. The largest absolute Gasteiger partial charge is 0.481 e. The summed E-state index contributed by atoms with van der Waals surface area (Å²) in [5, 5.41) is 65.9. The van der Waals surface area contributed by atoms with Crippen LogP contribution >= 0.6 is 0 Å². The minimum Gasteiger partial charge on any atom is -0.481 e. The fraction of sp³-hybridized carbons (Fsp3) is 0.742. The van der Waals surface area contributed by atoms with Crippen LogP contribution in [0, 0.1) is 11.8 Å². The maximum atomic E-state index is 15.3. The van der Waals surface area contributed by atoms with E-state index < -0.39 is 205 Å². The van der Waals surface area contributed by atoms with Crippen LogP contribution in [0.4, 0.5) is 0 Å². The number of rotatable bonds is 29. The molecule has 3 heterocycles. The van der Waals surface area contributed by atoms with Crippen LogP contribution in [0.5, 0.6) is 0 Å². The fourth-order valence-electron chi connectivity index (χ4n) is 11.5. The quantitative estimate of drug-likeness (QED) is 0.0340. The summed E-state index contributed by atoms with van der Waals surface area (Å²) in [6.45, 7) is 6.98. The number of nitrogens with two attached hydrogens (primary N) is 1. The number of amides is 12. The van der Waals surface area contributed by atoms with Crippen LogP contribution in [0.15, 0.2) is 0 Å². The van der Waals surface area contributed by atoms with E-state index in [0.29, 0.717) is 12.8 Å². The molecule has 0 aromatic heterocycles. The van der Waals surface area contributed by atoms with Crippen molar-refractivity contribution in [1.82, 2.24) is 68.3 Å². The number of nitrogens with one attached hydrogen (secondary N) is 11. The Morgan fingerprint density at radius 3 is 1.57 bits per heavy atom. The van der Waals surface area contributed by atoms with Gasteiger partial charge >= 0.3 is 23.9 Å². The third-order valence-corrected chi connectivity index (χ3v) is 16.9. The molecule has 0 saturated carbocycles. The van der Waals surface area contributed by atoms with E-state index in [-0.39, 0.29) is 64.7 Å². The summed E-state index contributed by atoms with van der Waals surface area (Å²) in [5.74, 6) is -22.1. The minimum atomic E-state index is -2.14. The molecule has 0 radical (unpaired) electrons. The summed E-state index contributed by atoms with van der Waals surface area (Å²) in [5.41, 5.74) is 5.71. The van der Waals surface area contributed by atoms with E-state index in [0.717, 1.165) is 43.9 Å². The van der Waals surface area contributed by atoms with Gasteiger partial charge in [0.1, 0.15) is 54.4 Å². The van der Waals surface area contributed by atoms with Gasteiger partial charge in [-0.25, -0.2) is 0 Å². The molecule has 3 aliphatic rings. The van der Waals surface area contributed by atoms with Crippen molar-refractivity contribution in [2.24, 2.45) is 17.6 Å². The van der Waals surface area contributed by atoms with Gasteiger partial charge in [-0.05, 0) is 65.2 Å². The van der Waals surface area contributed by atoms with Crippen molar-refractivity contribution in [3.8, 4) is 0 Å². The molecule has 0 aromatic rings. The zero-order valence-electron chi connectivity index (χ0n) is 55.9. The first-order valence-electron chi connectivity index (χ1n) is 33.3. The van der Waals surface area contributed by atoms with E-state index in [2.05, 4.69) is 60.1 Å². The second-order valence-corrected chi connectivity index (χ2v) is 25.1. The second kappa shape index (κ2) is 42.1. The standard InChI is InChI=1S/C62H102N14O20/c1-7-8-9-10-11-12-13-14-15-16-17-18-24-43(77)68-40(31-48(84)85)55(88)74-52-37(6)67-56(89)42-23-21-28-76(42)60(93)49(34(2)3)72-59(92)51(36(5)64-26-25-63)71-45(79)33-66-53(86)38(29-46(80)81)69-44(78)32-65-54(87)39(30-47(82)83)70-58(91)50(35(4)62(95)96)73-57(90)41-22-19-20-27-75(41)61(52)94/h34-42,49-52,64H,7-33,63H2,1-6H3,(H,65,87)(H,66,86)(H,67,89)(H,68,77)(H,69,78)(H,70,91)(H,71,79)(H,72,92)(H,73,90)(H,74,88)(H,80,81)(H,82,83)(H,84,85)(H,95,96). The van der Waals surface area contributed by atoms with Crippen molar-refractivity contribution in [3.63, 3.8) is 0 Å². The molecule has 3 aliphatic heterocycles. The van der Waals surface area contributed by atoms with E-state index in [1.165, 1.54) is 50.9 Å². The molecule has 34 nitrogen and oxygen atoms in total. The highest BCUT2D eigenvalue weighted by Gasteiger charge is 2.45. The molecule has 17 N–H and O–H groups in total. The van der Waals surface area contributed by atoms with Crippen LogP contribution in [0.1, 0.15) is 176 Å². The summed E-state index contributed by atoms with van der Waals surface area (Å²) in [4.78, 5) is 220. The van der Waals surface area contributed by atoms with Crippen LogP contribution in [0.2, 0.25) is 0 Å². The molecule has 0 aromatic carbocycles. The second-order valence-electron chi connectivity index (χ2n) is 25.1. The molecule has 3 fully saturated rings. The zero-order valence-corrected chi connectivity index (χ0v) is 55.9. The lowest BCUT2D eigenvalue weighted by Gasteiger charge is -2.39. The first kappa shape index (κ1) is 81.7. The number of fused-ring (bicyclic) bond motifs is 2. The Morgan fingerprint density at radius 2 is 1.04 bits per heavy atom. The zero-order chi connectivity index (χ0) is 71.8. The van der Waals surface area contributed by atoms with E-state index in [1.54, 1.807) is 13.8 Å². The fourth-order valence-corrected chi connectivity index (χ4v) is 11.5. The van der Waals surface area contributed by atoms with Crippen molar-refractivity contribution < 1.29 is 97.1 Å². The van der Waals surface area contributed by atoms with Gasteiger partial charge in [-0.3, -0.25) is 76.7 Å². The molecule has 12 amide bonds. The molecule has 3 rings (SSSR count).